The van der Waals surface area contributed by atoms with Gasteiger partial charge in [0.05, 0.1) is 10.5 Å². The number of nitro benzene ring substituents is 1. The number of ether oxygens (including phenoxy) is 1. The number of hydrogen-bond donors (Lipinski definition) is 0. The van der Waals surface area contributed by atoms with Gasteiger partial charge < -0.3 is 4.74 Å². The zero-order valence-electron chi connectivity index (χ0n) is 24.8. The van der Waals surface area contributed by atoms with Crippen molar-refractivity contribution in [1.82, 2.24) is 0 Å². The first kappa shape index (κ1) is 28.4. The van der Waals surface area contributed by atoms with Gasteiger partial charge in [-0.05, 0) is 97.3 Å². The van der Waals surface area contributed by atoms with Crippen molar-refractivity contribution < 1.29 is 14.5 Å². The first-order valence-corrected chi connectivity index (χ1v) is 15.7. The third-order valence-electron chi connectivity index (χ3n) is 11.8. The Morgan fingerprint density at radius 2 is 1.87 bits per heavy atom. The minimum absolute atomic E-state index is 0.0786. The summed E-state index contributed by atoms with van der Waals surface area (Å²) >= 11 is 0. The second kappa shape index (κ2) is 11.0. The SMILES string of the molecule is CC(C)CCC[C@@H](C)[C@@H]1CC[C@@H]2[C@H]3CC=C4C[C@@H](OC(=O)c5cccc([N+](=O)[O-])c5)CC[C@]4(C)[C@@H]3CC[C@@]21C. The third-order valence-corrected chi connectivity index (χ3v) is 11.8. The van der Waals surface area contributed by atoms with Crippen LogP contribution >= 0.6 is 0 Å². The van der Waals surface area contributed by atoms with Crippen LogP contribution in [0.2, 0.25) is 0 Å². The van der Waals surface area contributed by atoms with Crippen LogP contribution in [0.5, 0.6) is 0 Å². The fourth-order valence-corrected chi connectivity index (χ4v) is 9.72. The minimum atomic E-state index is -0.471. The molecule has 0 bridgehead atoms. The molecule has 0 unspecified atom stereocenters. The molecule has 0 spiro atoms. The lowest BCUT2D eigenvalue weighted by Crippen LogP contribution is -2.51. The summed E-state index contributed by atoms with van der Waals surface area (Å²) in [6.07, 6.45) is 15.9. The molecule has 0 aromatic heterocycles. The van der Waals surface area contributed by atoms with Gasteiger partial charge in [0.15, 0.2) is 0 Å². The summed E-state index contributed by atoms with van der Waals surface area (Å²) in [5.41, 5.74) is 2.37. The predicted molar refractivity (Wildman–Crippen MR) is 155 cm³/mol. The molecule has 0 heterocycles. The highest BCUT2D eigenvalue weighted by Crippen LogP contribution is 2.67. The van der Waals surface area contributed by atoms with E-state index in [1.54, 1.807) is 12.1 Å². The summed E-state index contributed by atoms with van der Waals surface area (Å²) in [5, 5.41) is 11.1. The van der Waals surface area contributed by atoms with Crippen LogP contribution in [-0.2, 0) is 4.74 Å². The second-order valence-corrected chi connectivity index (χ2v) is 14.4. The number of rotatable bonds is 8. The van der Waals surface area contributed by atoms with Gasteiger partial charge in [-0.3, -0.25) is 10.1 Å². The molecule has 1 aromatic carbocycles. The van der Waals surface area contributed by atoms with Crippen molar-refractivity contribution in [2.45, 2.75) is 111 Å². The Kier molecular flexibility index (Phi) is 8.01. The Hall–Kier alpha value is -2.17. The highest BCUT2D eigenvalue weighted by Gasteiger charge is 2.59. The number of nitro groups is 1. The molecule has 214 valence electrons. The number of benzene rings is 1. The average molecular weight is 536 g/mol. The number of nitrogens with zero attached hydrogens (tertiary/aromatic N) is 1. The van der Waals surface area contributed by atoms with Crippen LogP contribution in [0, 0.1) is 56.5 Å². The normalized spacial score (nSPS) is 36.4. The number of hydrogen-bond acceptors (Lipinski definition) is 4. The molecule has 5 nitrogen and oxygen atoms in total. The van der Waals surface area contributed by atoms with Gasteiger partial charge in [0, 0.05) is 18.6 Å². The topological polar surface area (TPSA) is 69.4 Å². The van der Waals surface area contributed by atoms with Gasteiger partial charge in [-0.1, -0.05) is 71.6 Å². The van der Waals surface area contributed by atoms with Crippen LogP contribution in [0.15, 0.2) is 35.9 Å². The summed E-state index contributed by atoms with van der Waals surface area (Å²) in [6.45, 7) is 12.4. The average Bonchev–Trinajstić information content (AvgIpc) is 3.26. The quantitative estimate of drug-likeness (QED) is 0.144. The van der Waals surface area contributed by atoms with Gasteiger partial charge >= 0.3 is 5.97 Å². The van der Waals surface area contributed by atoms with Crippen molar-refractivity contribution in [1.29, 1.82) is 0 Å². The van der Waals surface area contributed by atoms with Crippen LogP contribution < -0.4 is 0 Å². The Morgan fingerprint density at radius 1 is 1.08 bits per heavy atom. The van der Waals surface area contributed by atoms with Crippen molar-refractivity contribution in [2.75, 3.05) is 0 Å². The van der Waals surface area contributed by atoms with Crippen LogP contribution in [0.25, 0.3) is 0 Å². The van der Waals surface area contributed by atoms with E-state index in [-0.39, 0.29) is 22.8 Å². The van der Waals surface area contributed by atoms with Crippen LogP contribution in [0.1, 0.15) is 116 Å². The lowest BCUT2D eigenvalue weighted by atomic mass is 9.47. The minimum Gasteiger partial charge on any atom is -0.458 e. The molecule has 8 atom stereocenters. The first-order valence-electron chi connectivity index (χ1n) is 15.7. The van der Waals surface area contributed by atoms with E-state index in [1.165, 1.54) is 69.1 Å². The van der Waals surface area contributed by atoms with Crippen molar-refractivity contribution in [3.05, 3.63) is 51.6 Å². The molecule has 4 aliphatic rings. The lowest BCUT2D eigenvalue weighted by Gasteiger charge is -2.58. The predicted octanol–water partition coefficient (Wildman–Crippen LogP) is 9.16. The van der Waals surface area contributed by atoms with Gasteiger partial charge in [0.25, 0.3) is 5.69 Å². The Bertz CT molecular complexity index is 1110. The molecule has 3 fully saturated rings. The molecule has 5 heteroatoms. The highest BCUT2D eigenvalue weighted by molar-refractivity contribution is 5.90. The van der Waals surface area contributed by atoms with Crippen LogP contribution in [-0.4, -0.2) is 17.0 Å². The molecule has 0 amide bonds. The maximum Gasteiger partial charge on any atom is 0.338 e. The molecule has 0 aliphatic heterocycles. The maximum absolute atomic E-state index is 12.8. The fraction of sp³-hybridized carbons (Fsp3) is 0.735. The zero-order valence-corrected chi connectivity index (χ0v) is 24.8. The second-order valence-electron chi connectivity index (χ2n) is 14.4. The van der Waals surface area contributed by atoms with Crippen molar-refractivity contribution in [3.63, 3.8) is 0 Å². The summed E-state index contributed by atoms with van der Waals surface area (Å²) in [7, 11) is 0. The number of allylic oxidation sites excluding steroid dienone is 1. The molecule has 0 saturated heterocycles. The van der Waals surface area contributed by atoms with Crippen molar-refractivity contribution in [3.8, 4) is 0 Å². The molecule has 1 aromatic rings. The van der Waals surface area contributed by atoms with E-state index < -0.39 is 10.9 Å². The summed E-state index contributed by atoms with van der Waals surface area (Å²) in [6, 6.07) is 5.87. The standard InChI is InChI=1S/C34H49NO4/c1-22(2)8-6-9-23(3)29-14-15-30-28-13-12-25-21-27(16-18-33(25,4)31(28)17-19-34(29,30)5)39-32(36)24-10-7-11-26(20-24)35(37)38/h7,10-12,20,22-23,27-31H,6,8-9,13-19,21H2,1-5H3/t23-,27+,28-,29+,30-,31-,33+,34-/m1/s1. The van der Waals surface area contributed by atoms with Gasteiger partial charge in [0.1, 0.15) is 6.10 Å². The largest absolute Gasteiger partial charge is 0.458 e. The molecule has 39 heavy (non-hydrogen) atoms. The number of carbonyl (C=O) groups excluding carboxylic acids is 1. The summed E-state index contributed by atoms with van der Waals surface area (Å²) < 4.78 is 5.91. The van der Waals surface area contributed by atoms with E-state index >= 15 is 0 Å². The fourth-order valence-electron chi connectivity index (χ4n) is 9.72. The highest BCUT2D eigenvalue weighted by atomic mass is 16.6. The molecule has 0 radical (unpaired) electrons. The van der Waals surface area contributed by atoms with Crippen molar-refractivity contribution in [2.24, 2.45) is 46.3 Å². The smallest absolute Gasteiger partial charge is 0.338 e. The number of fused-ring (bicyclic) bond motifs is 5. The van der Waals surface area contributed by atoms with E-state index in [9.17, 15) is 14.9 Å². The number of non-ortho nitro benzene ring substituents is 1. The van der Waals surface area contributed by atoms with Crippen LogP contribution in [0.4, 0.5) is 5.69 Å². The van der Waals surface area contributed by atoms with E-state index in [1.807, 2.05) is 0 Å². The molecule has 4 aliphatic carbocycles. The van der Waals surface area contributed by atoms with E-state index in [0.717, 1.165) is 54.8 Å². The third kappa shape index (κ3) is 5.32. The molecular weight excluding hydrogens is 486 g/mol. The molecule has 0 N–H and O–H groups in total. The zero-order chi connectivity index (χ0) is 27.9. The van der Waals surface area contributed by atoms with E-state index in [0.29, 0.717) is 5.41 Å². The number of esters is 1. The summed E-state index contributed by atoms with van der Waals surface area (Å²) in [4.78, 5) is 23.5. The first-order chi connectivity index (χ1) is 18.5. The molecular formula is C34H49NO4. The summed E-state index contributed by atoms with van der Waals surface area (Å²) in [5.74, 6) is 4.42. The molecule has 3 saturated carbocycles. The van der Waals surface area contributed by atoms with E-state index in [2.05, 4.69) is 40.7 Å². The Morgan fingerprint density at radius 3 is 2.62 bits per heavy atom. The Labute approximate surface area is 235 Å². The maximum atomic E-state index is 12.8. The molecule has 5 rings (SSSR count). The van der Waals surface area contributed by atoms with E-state index in [4.69, 9.17) is 4.74 Å². The van der Waals surface area contributed by atoms with Gasteiger partial charge in [-0.15, -0.1) is 0 Å². The lowest BCUT2D eigenvalue weighted by molar-refractivity contribution is -0.384. The Balaban J connectivity index is 1.25. The van der Waals surface area contributed by atoms with Crippen LogP contribution in [0.3, 0.4) is 0 Å². The van der Waals surface area contributed by atoms with Gasteiger partial charge in [0.2, 0.25) is 0 Å². The van der Waals surface area contributed by atoms with Crippen molar-refractivity contribution >= 4 is 11.7 Å². The van der Waals surface area contributed by atoms with Gasteiger partial charge in [-0.25, -0.2) is 4.79 Å². The number of carbonyl (C=O) groups is 1. The van der Waals surface area contributed by atoms with Gasteiger partial charge in [-0.2, -0.15) is 0 Å². The monoisotopic (exact) mass is 535 g/mol.